The van der Waals surface area contributed by atoms with Crippen molar-refractivity contribution >= 4 is 35.6 Å². The van der Waals surface area contributed by atoms with E-state index in [9.17, 15) is 0 Å². The summed E-state index contributed by atoms with van der Waals surface area (Å²) in [4.78, 5) is 8.89. The van der Waals surface area contributed by atoms with E-state index in [-0.39, 0.29) is 24.0 Å². The summed E-state index contributed by atoms with van der Waals surface area (Å²) in [6.07, 6.45) is 0. The van der Waals surface area contributed by atoms with Gasteiger partial charge in [-0.1, -0.05) is 24.3 Å². The van der Waals surface area contributed by atoms with Gasteiger partial charge < -0.3 is 24.6 Å². The van der Waals surface area contributed by atoms with Crippen molar-refractivity contribution in [1.82, 2.24) is 10.2 Å². The van der Waals surface area contributed by atoms with E-state index >= 15 is 0 Å². The van der Waals surface area contributed by atoms with Gasteiger partial charge in [0.2, 0.25) is 0 Å². The number of halogens is 1. The summed E-state index contributed by atoms with van der Waals surface area (Å²) in [5.74, 6) is 1.74. The second-order valence-corrected chi connectivity index (χ2v) is 6.87. The van der Waals surface area contributed by atoms with Crippen molar-refractivity contribution in [3.05, 3.63) is 59.7 Å². The molecule has 1 N–H and O–H groups in total. The van der Waals surface area contributed by atoms with Crippen LogP contribution in [0.3, 0.4) is 0 Å². The largest absolute Gasteiger partial charge is 0.497 e. The minimum atomic E-state index is 0. The van der Waals surface area contributed by atoms with Gasteiger partial charge in [0, 0.05) is 46.0 Å². The Labute approximate surface area is 190 Å². The molecule has 3 rings (SSSR count). The molecule has 0 saturated carbocycles. The average Bonchev–Trinajstić information content (AvgIpc) is 2.76. The third kappa shape index (κ3) is 6.78. The van der Waals surface area contributed by atoms with Gasteiger partial charge >= 0.3 is 0 Å². The van der Waals surface area contributed by atoms with Crippen LogP contribution in [-0.4, -0.2) is 58.4 Å². The van der Waals surface area contributed by atoms with Crippen molar-refractivity contribution in [1.29, 1.82) is 0 Å². The maximum atomic E-state index is 5.42. The van der Waals surface area contributed by atoms with Gasteiger partial charge in [-0.15, -0.1) is 24.0 Å². The third-order valence-electron chi connectivity index (χ3n) is 4.92. The number of morpholine rings is 1. The van der Waals surface area contributed by atoms with E-state index in [1.54, 1.807) is 7.11 Å². The number of ether oxygens (including phenoxy) is 2. The summed E-state index contributed by atoms with van der Waals surface area (Å²) in [5, 5.41) is 3.44. The lowest BCUT2D eigenvalue weighted by Crippen LogP contribution is -2.38. The predicted octanol–water partition coefficient (Wildman–Crippen LogP) is 3.36. The molecule has 0 radical (unpaired) electrons. The molecular weight excluding hydrogens is 479 g/mol. The minimum absolute atomic E-state index is 0. The zero-order valence-electron chi connectivity index (χ0n) is 17.4. The summed E-state index contributed by atoms with van der Waals surface area (Å²) >= 11 is 0. The van der Waals surface area contributed by atoms with Crippen LogP contribution in [0.1, 0.15) is 11.1 Å². The Morgan fingerprint density at radius 3 is 2.28 bits per heavy atom. The molecule has 1 saturated heterocycles. The zero-order valence-corrected chi connectivity index (χ0v) is 19.8. The molecule has 7 heteroatoms. The standard InChI is InChI=1S/C22H30N4O2.HI/c1-23-22(25(2)17-19-6-10-21(27-3)11-7-19)24-16-18-4-8-20(9-5-18)26-12-14-28-15-13-26;/h4-11H,12-17H2,1-3H3,(H,23,24);1H. The smallest absolute Gasteiger partial charge is 0.193 e. The Balaban J connectivity index is 0.00000300. The molecule has 1 heterocycles. The molecule has 29 heavy (non-hydrogen) atoms. The van der Waals surface area contributed by atoms with E-state index in [0.717, 1.165) is 51.1 Å². The van der Waals surface area contributed by atoms with Gasteiger partial charge in [0.15, 0.2) is 5.96 Å². The van der Waals surface area contributed by atoms with Crippen LogP contribution in [0, 0.1) is 0 Å². The van der Waals surface area contributed by atoms with Gasteiger partial charge in [0.25, 0.3) is 0 Å². The average molecular weight is 510 g/mol. The summed E-state index contributed by atoms with van der Waals surface area (Å²) in [6.45, 7) is 5.05. The molecule has 0 atom stereocenters. The predicted molar refractivity (Wildman–Crippen MR) is 130 cm³/mol. The number of guanidine groups is 1. The molecule has 0 amide bonds. The van der Waals surface area contributed by atoms with Crippen molar-refractivity contribution in [3.63, 3.8) is 0 Å². The third-order valence-corrected chi connectivity index (χ3v) is 4.92. The van der Waals surface area contributed by atoms with Crippen molar-refractivity contribution in [2.75, 3.05) is 52.4 Å². The van der Waals surface area contributed by atoms with Gasteiger partial charge in [-0.3, -0.25) is 4.99 Å². The van der Waals surface area contributed by atoms with E-state index in [0.29, 0.717) is 0 Å². The van der Waals surface area contributed by atoms with Gasteiger partial charge in [0.05, 0.1) is 20.3 Å². The van der Waals surface area contributed by atoms with Crippen LogP contribution in [0.15, 0.2) is 53.5 Å². The Kier molecular flexibility index (Phi) is 9.53. The molecule has 1 fully saturated rings. The van der Waals surface area contributed by atoms with Gasteiger partial charge in [-0.2, -0.15) is 0 Å². The molecule has 0 spiro atoms. The van der Waals surface area contributed by atoms with Gasteiger partial charge in [0.1, 0.15) is 5.75 Å². The first kappa shape index (κ1) is 23.3. The molecule has 0 bridgehead atoms. The molecular formula is C22H31IN4O2. The number of nitrogens with zero attached hydrogens (tertiary/aromatic N) is 3. The highest BCUT2D eigenvalue weighted by molar-refractivity contribution is 14.0. The van der Waals surface area contributed by atoms with Crippen LogP contribution < -0.4 is 15.0 Å². The molecule has 2 aromatic rings. The number of hydrogen-bond acceptors (Lipinski definition) is 4. The normalized spacial score (nSPS) is 14.2. The maximum absolute atomic E-state index is 5.42. The Morgan fingerprint density at radius 2 is 1.69 bits per heavy atom. The lowest BCUT2D eigenvalue weighted by molar-refractivity contribution is 0.122. The highest BCUT2D eigenvalue weighted by Crippen LogP contribution is 2.17. The van der Waals surface area contributed by atoms with E-state index in [4.69, 9.17) is 9.47 Å². The van der Waals surface area contributed by atoms with Gasteiger partial charge in [-0.05, 0) is 35.4 Å². The number of methoxy groups -OCH3 is 1. The Morgan fingerprint density at radius 1 is 1.07 bits per heavy atom. The van der Waals surface area contributed by atoms with Gasteiger partial charge in [-0.25, -0.2) is 0 Å². The Hall–Kier alpha value is -2.00. The fourth-order valence-corrected chi connectivity index (χ4v) is 3.29. The molecule has 0 unspecified atom stereocenters. The molecule has 0 aromatic heterocycles. The van der Waals surface area contributed by atoms with Crippen LogP contribution in [0.25, 0.3) is 0 Å². The highest BCUT2D eigenvalue weighted by atomic mass is 127. The lowest BCUT2D eigenvalue weighted by atomic mass is 10.2. The first-order chi connectivity index (χ1) is 13.7. The second-order valence-electron chi connectivity index (χ2n) is 6.87. The highest BCUT2D eigenvalue weighted by Gasteiger charge is 2.11. The molecule has 1 aliphatic heterocycles. The van der Waals surface area contributed by atoms with Crippen LogP contribution in [0.5, 0.6) is 5.75 Å². The summed E-state index contributed by atoms with van der Waals surface area (Å²) in [6, 6.07) is 16.8. The summed E-state index contributed by atoms with van der Waals surface area (Å²) < 4.78 is 10.6. The summed E-state index contributed by atoms with van der Waals surface area (Å²) in [7, 11) is 5.54. The van der Waals surface area contributed by atoms with E-state index < -0.39 is 0 Å². The number of rotatable bonds is 6. The minimum Gasteiger partial charge on any atom is -0.497 e. The SMILES string of the molecule is CN=C(NCc1ccc(N2CCOCC2)cc1)N(C)Cc1ccc(OC)cc1.I. The number of benzene rings is 2. The van der Waals surface area contributed by atoms with Crippen LogP contribution in [-0.2, 0) is 17.8 Å². The molecule has 0 aliphatic carbocycles. The maximum Gasteiger partial charge on any atom is 0.193 e. The molecule has 158 valence electrons. The molecule has 2 aromatic carbocycles. The molecule has 1 aliphatic rings. The van der Waals surface area contributed by atoms with Crippen LogP contribution in [0.4, 0.5) is 5.69 Å². The molecule has 6 nitrogen and oxygen atoms in total. The van der Waals surface area contributed by atoms with Crippen molar-refractivity contribution in [3.8, 4) is 5.75 Å². The Bertz CT molecular complexity index is 759. The second kappa shape index (κ2) is 11.9. The monoisotopic (exact) mass is 510 g/mol. The fourth-order valence-electron chi connectivity index (χ4n) is 3.29. The zero-order chi connectivity index (χ0) is 19.8. The topological polar surface area (TPSA) is 49.3 Å². The number of anilines is 1. The van der Waals surface area contributed by atoms with Crippen molar-refractivity contribution < 1.29 is 9.47 Å². The number of hydrogen-bond donors (Lipinski definition) is 1. The first-order valence-electron chi connectivity index (χ1n) is 9.66. The van der Waals surface area contributed by atoms with Crippen LogP contribution >= 0.6 is 24.0 Å². The first-order valence-corrected chi connectivity index (χ1v) is 9.66. The van der Waals surface area contributed by atoms with E-state index in [1.165, 1.54) is 16.8 Å². The van der Waals surface area contributed by atoms with Crippen molar-refractivity contribution in [2.24, 2.45) is 4.99 Å². The number of aliphatic imine (C=N–C) groups is 1. The lowest BCUT2D eigenvalue weighted by Gasteiger charge is -2.29. The fraction of sp³-hybridized carbons (Fsp3) is 0.409. The van der Waals surface area contributed by atoms with Crippen molar-refractivity contribution in [2.45, 2.75) is 13.1 Å². The quantitative estimate of drug-likeness (QED) is 0.367. The summed E-state index contributed by atoms with van der Waals surface area (Å²) in [5.41, 5.74) is 3.70. The van der Waals surface area contributed by atoms with E-state index in [2.05, 4.69) is 56.5 Å². The van der Waals surface area contributed by atoms with E-state index in [1.807, 2.05) is 26.2 Å². The number of nitrogens with one attached hydrogen (secondary N) is 1. The van der Waals surface area contributed by atoms with Crippen LogP contribution in [0.2, 0.25) is 0 Å².